The van der Waals surface area contributed by atoms with E-state index in [-0.39, 0.29) is 17.7 Å². The van der Waals surface area contributed by atoms with E-state index < -0.39 is 0 Å². The Labute approximate surface area is 316 Å². The van der Waals surface area contributed by atoms with E-state index in [9.17, 15) is 14.4 Å². The van der Waals surface area contributed by atoms with Crippen LogP contribution in [0.15, 0.2) is 12.3 Å². The van der Waals surface area contributed by atoms with Gasteiger partial charge in [0.1, 0.15) is 29.1 Å². The molecule has 3 amide bonds. The molecule has 18 heteroatoms. The number of fused-ring (bicyclic) bond motifs is 3. The van der Waals surface area contributed by atoms with E-state index in [4.69, 9.17) is 17.2 Å². The Bertz CT molecular complexity index is 2390. The summed E-state index contributed by atoms with van der Waals surface area (Å²) in [5, 5.41) is 35.4. The molecule has 0 saturated heterocycles. The fraction of sp³-hybridized carbons (Fsp3) is 0.400. The third kappa shape index (κ3) is 7.84. The minimum absolute atomic E-state index is 0.0879. The Kier molecular flexibility index (Phi) is 10.1. The van der Waals surface area contributed by atoms with Gasteiger partial charge in [-0.15, -0.1) is 49.3 Å². The van der Waals surface area contributed by atoms with Crippen LogP contribution in [0.2, 0.25) is 0 Å². The van der Waals surface area contributed by atoms with Crippen molar-refractivity contribution in [3.8, 4) is 0 Å². The summed E-state index contributed by atoms with van der Waals surface area (Å²) in [6.07, 6.45) is 8.27. The number of carbonyl (C=O) groups is 3. The maximum atomic E-state index is 12.1. The summed E-state index contributed by atoms with van der Waals surface area (Å²) < 4.78 is 0. The van der Waals surface area contributed by atoms with Gasteiger partial charge in [-0.25, -0.2) is 0 Å². The summed E-state index contributed by atoms with van der Waals surface area (Å²) in [7, 11) is 0. The van der Waals surface area contributed by atoms with E-state index in [1.165, 1.54) is 46.9 Å². The summed E-state index contributed by atoms with van der Waals surface area (Å²) >= 11 is 3.92. The standard InChI is InChI=1S/C13H16N4OS.C12H14N4OS.C10H10N4OS/c1-6-7(2)16-17-13-9(6)10(14)11(19-13)12(18)15-5-8-3-4-8;1-5-6(2)15-16-12-8(5)9(13)10(18-12)11(17)14-7-3-4-7;11-7-6-3-4-12-14-10(6)16-8(7)9(15)13-5-1-2-5/h8H,3-5,14H2,1-2H3,(H,15,18);7H,3-4,13H2,1-2H3,(H,14,17);3-5H,1-2,11H2,(H,13,15). The highest BCUT2D eigenvalue weighted by Crippen LogP contribution is 2.37. The van der Waals surface area contributed by atoms with Crippen LogP contribution >= 0.6 is 34.0 Å². The third-order valence-corrected chi connectivity index (χ3v) is 12.7. The second-order valence-electron chi connectivity index (χ2n) is 13.6. The lowest BCUT2D eigenvalue weighted by atomic mass is 10.1. The number of rotatable bonds is 7. The van der Waals surface area contributed by atoms with Gasteiger partial charge in [0.2, 0.25) is 0 Å². The van der Waals surface area contributed by atoms with Crippen molar-refractivity contribution in [1.82, 2.24) is 46.5 Å². The van der Waals surface area contributed by atoms with Crippen molar-refractivity contribution in [3.05, 3.63) is 49.4 Å². The number of aromatic nitrogens is 6. The molecule has 53 heavy (non-hydrogen) atoms. The third-order valence-electron chi connectivity index (χ3n) is 9.38. The van der Waals surface area contributed by atoms with Crippen molar-refractivity contribution in [2.24, 2.45) is 5.92 Å². The van der Waals surface area contributed by atoms with Gasteiger partial charge in [0.25, 0.3) is 17.7 Å². The number of anilines is 3. The second kappa shape index (κ2) is 14.7. The molecule has 0 spiro atoms. The van der Waals surface area contributed by atoms with E-state index in [1.807, 2.05) is 27.7 Å². The summed E-state index contributed by atoms with van der Waals surface area (Å²) in [6.45, 7) is 8.45. The zero-order chi connectivity index (χ0) is 37.6. The number of nitrogens with zero attached hydrogens (tertiary/aromatic N) is 6. The highest BCUT2D eigenvalue weighted by molar-refractivity contribution is 7.22. The number of nitrogens with two attached hydrogens (primary N) is 3. The lowest BCUT2D eigenvalue weighted by molar-refractivity contribution is 0.0947. The molecule has 3 aliphatic carbocycles. The fourth-order valence-electron chi connectivity index (χ4n) is 5.46. The smallest absolute Gasteiger partial charge is 0.263 e. The molecular formula is C35H40N12O3S3. The molecule has 6 aromatic heterocycles. The molecule has 6 heterocycles. The molecule has 0 atom stereocenters. The van der Waals surface area contributed by atoms with Crippen LogP contribution in [-0.4, -0.2) is 66.9 Å². The van der Waals surface area contributed by atoms with E-state index in [0.717, 1.165) is 80.6 Å². The Balaban J connectivity index is 0.000000124. The average molecular weight is 773 g/mol. The van der Waals surface area contributed by atoms with Crippen LogP contribution in [-0.2, 0) is 0 Å². The summed E-state index contributed by atoms with van der Waals surface area (Å²) in [6, 6.07) is 2.45. The van der Waals surface area contributed by atoms with Crippen molar-refractivity contribution < 1.29 is 14.4 Å². The van der Waals surface area contributed by atoms with E-state index in [0.29, 0.717) is 54.5 Å². The molecule has 3 saturated carbocycles. The fourth-order valence-corrected chi connectivity index (χ4v) is 8.42. The highest BCUT2D eigenvalue weighted by Gasteiger charge is 2.28. The van der Waals surface area contributed by atoms with Crippen LogP contribution in [0.1, 0.15) is 90.1 Å². The monoisotopic (exact) mass is 772 g/mol. The largest absolute Gasteiger partial charge is 0.397 e. The van der Waals surface area contributed by atoms with Crippen molar-refractivity contribution in [2.45, 2.75) is 78.3 Å². The van der Waals surface area contributed by atoms with Gasteiger partial charge < -0.3 is 33.2 Å². The van der Waals surface area contributed by atoms with Crippen molar-refractivity contribution in [3.63, 3.8) is 0 Å². The molecule has 15 nitrogen and oxygen atoms in total. The van der Waals surface area contributed by atoms with Gasteiger partial charge in [0, 0.05) is 34.8 Å². The van der Waals surface area contributed by atoms with Gasteiger partial charge in [-0.05, 0) is 89.3 Å². The SMILES string of the molecule is Cc1nnc2sc(C(=O)NC3CC3)c(N)c2c1C.Cc1nnc2sc(C(=O)NCC3CC3)c(N)c2c1C.Nc1c(C(=O)NC2CC2)sc2nnccc12. The topological polar surface area (TPSA) is 243 Å². The molecule has 9 N–H and O–H groups in total. The average Bonchev–Trinajstić information content (AvgIpc) is 4.08. The molecule has 9 rings (SSSR count). The molecule has 0 aromatic carbocycles. The predicted octanol–water partition coefficient (Wildman–Crippen LogP) is 4.98. The molecule has 276 valence electrons. The summed E-state index contributed by atoms with van der Waals surface area (Å²) in [4.78, 5) is 39.9. The van der Waals surface area contributed by atoms with Gasteiger partial charge in [-0.1, -0.05) is 0 Å². The quantitative estimate of drug-likeness (QED) is 0.126. The number of thiophene rings is 3. The number of nitrogen functional groups attached to an aromatic ring is 3. The van der Waals surface area contributed by atoms with Crippen LogP contribution in [0.3, 0.4) is 0 Å². The normalized spacial score (nSPS) is 15.0. The first-order chi connectivity index (χ1) is 25.4. The molecule has 0 bridgehead atoms. The predicted molar refractivity (Wildman–Crippen MR) is 210 cm³/mol. The Morgan fingerprint density at radius 2 is 1.11 bits per heavy atom. The zero-order valence-corrected chi connectivity index (χ0v) is 32.2. The number of carbonyl (C=O) groups excluding carboxylic acids is 3. The number of hydrogen-bond acceptors (Lipinski definition) is 15. The number of amides is 3. The first kappa shape index (κ1) is 36.3. The van der Waals surface area contributed by atoms with Gasteiger partial charge in [-0.2, -0.15) is 15.3 Å². The highest BCUT2D eigenvalue weighted by atomic mass is 32.1. The Hall–Kier alpha value is -5.07. The number of hydrogen-bond donors (Lipinski definition) is 6. The van der Waals surface area contributed by atoms with Crippen LogP contribution in [0.5, 0.6) is 0 Å². The molecule has 0 aliphatic heterocycles. The van der Waals surface area contributed by atoms with Gasteiger partial charge in [0.15, 0.2) is 0 Å². The summed E-state index contributed by atoms with van der Waals surface area (Å²) in [5.41, 5.74) is 23.4. The molecular weight excluding hydrogens is 733 g/mol. The molecule has 0 unspecified atom stereocenters. The maximum absolute atomic E-state index is 12.1. The Morgan fingerprint density at radius 3 is 1.58 bits per heavy atom. The van der Waals surface area contributed by atoms with Crippen molar-refractivity contribution in [1.29, 1.82) is 0 Å². The van der Waals surface area contributed by atoms with E-state index in [2.05, 4.69) is 46.5 Å². The first-order valence-corrected chi connectivity index (χ1v) is 19.8. The lowest BCUT2D eigenvalue weighted by Gasteiger charge is -2.03. The maximum Gasteiger partial charge on any atom is 0.263 e. The van der Waals surface area contributed by atoms with Crippen molar-refractivity contribution in [2.75, 3.05) is 23.7 Å². The first-order valence-electron chi connectivity index (χ1n) is 17.3. The van der Waals surface area contributed by atoms with Crippen LogP contribution in [0.4, 0.5) is 17.1 Å². The minimum atomic E-state index is -0.0944. The van der Waals surface area contributed by atoms with Gasteiger partial charge in [0.05, 0.1) is 34.6 Å². The van der Waals surface area contributed by atoms with Crippen LogP contribution < -0.4 is 33.2 Å². The number of nitrogens with one attached hydrogen (secondary N) is 3. The molecule has 3 aliphatic rings. The van der Waals surface area contributed by atoms with Crippen molar-refractivity contribution >= 4 is 99.4 Å². The second-order valence-corrected chi connectivity index (χ2v) is 16.6. The Morgan fingerprint density at radius 1 is 0.642 bits per heavy atom. The van der Waals surface area contributed by atoms with E-state index >= 15 is 0 Å². The lowest BCUT2D eigenvalue weighted by Crippen LogP contribution is -2.25. The molecule has 0 radical (unpaired) electrons. The van der Waals surface area contributed by atoms with E-state index in [1.54, 1.807) is 12.3 Å². The molecule has 3 fully saturated rings. The molecule has 6 aromatic rings. The van der Waals surface area contributed by atoms with Gasteiger partial charge in [-0.3, -0.25) is 14.4 Å². The minimum Gasteiger partial charge on any atom is -0.397 e. The summed E-state index contributed by atoms with van der Waals surface area (Å²) in [5.74, 6) is 0.380. The zero-order valence-electron chi connectivity index (χ0n) is 29.7. The van der Waals surface area contributed by atoms with Crippen LogP contribution in [0.25, 0.3) is 30.6 Å². The van der Waals surface area contributed by atoms with Crippen LogP contribution in [0, 0.1) is 33.6 Å². The number of aryl methyl sites for hydroxylation is 4. The van der Waals surface area contributed by atoms with Gasteiger partial charge >= 0.3 is 0 Å².